The van der Waals surface area contributed by atoms with Crippen LogP contribution in [0.4, 0.5) is 23.2 Å². The number of hydrogen-bond acceptors (Lipinski definition) is 2. The summed E-state index contributed by atoms with van der Waals surface area (Å²) in [5, 5.41) is 3.15. The lowest BCUT2D eigenvalue weighted by Crippen LogP contribution is -2.31. The molecule has 0 amide bonds. The second-order valence-corrected chi connectivity index (χ2v) is 5.28. The van der Waals surface area contributed by atoms with Crippen LogP contribution in [0.25, 0.3) is 0 Å². The van der Waals surface area contributed by atoms with Crippen LogP contribution in [0.1, 0.15) is 19.4 Å². The first-order valence-corrected chi connectivity index (χ1v) is 6.46. The summed E-state index contributed by atoms with van der Waals surface area (Å²) in [6.45, 7) is 4.25. The van der Waals surface area contributed by atoms with E-state index in [1.54, 1.807) is 6.07 Å². The lowest BCUT2D eigenvalue weighted by atomic mass is 10.1. The molecule has 0 fully saturated rings. The van der Waals surface area contributed by atoms with Crippen LogP contribution in [-0.4, -0.2) is 26.3 Å². The summed E-state index contributed by atoms with van der Waals surface area (Å²) in [6.07, 6.45) is -4.35. The molecule has 0 unspecified atom stereocenters. The van der Waals surface area contributed by atoms with E-state index < -0.39 is 18.5 Å². The maximum Gasteiger partial charge on any atom is 0.405 e. The molecule has 2 nitrogen and oxygen atoms in total. The predicted octanol–water partition coefficient (Wildman–Crippen LogP) is 3.57. The third-order valence-electron chi connectivity index (χ3n) is 2.72. The van der Waals surface area contributed by atoms with Gasteiger partial charge in [-0.1, -0.05) is 19.9 Å². The average Bonchev–Trinajstić information content (AvgIpc) is 2.25. The number of hydrogen-bond donors (Lipinski definition) is 1. The van der Waals surface area contributed by atoms with Crippen molar-refractivity contribution < 1.29 is 17.6 Å². The number of nitrogens with one attached hydrogen (secondary N) is 1. The Morgan fingerprint density at radius 3 is 2.40 bits per heavy atom. The van der Waals surface area contributed by atoms with Crippen molar-refractivity contribution in [3.05, 3.63) is 29.6 Å². The summed E-state index contributed by atoms with van der Waals surface area (Å²) >= 11 is 0. The van der Waals surface area contributed by atoms with E-state index in [0.29, 0.717) is 18.0 Å². The number of rotatable bonds is 6. The first kappa shape index (κ1) is 16.8. The van der Waals surface area contributed by atoms with Gasteiger partial charge in [-0.2, -0.15) is 13.2 Å². The van der Waals surface area contributed by atoms with Gasteiger partial charge in [-0.15, -0.1) is 0 Å². The van der Waals surface area contributed by atoms with Crippen LogP contribution in [0, 0.1) is 11.7 Å². The molecule has 0 aromatic heterocycles. The molecule has 1 N–H and O–H groups in total. The van der Waals surface area contributed by atoms with E-state index in [0.717, 1.165) is 11.4 Å². The standard InChI is InChI=1S/C14H20F4N2/c1-10(2)7-19-8-11-4-5-13(12(15)6-11)20(3)9-14(16,17)18/h4-6,10,19H,7-9H2,1-3H3. The molecule has 20 heavy (non-hydrogen) atoms. The van der Waals surface area contributed by atoms with Gasteiger partial charge in [-0.25, -0.2) is 4.39 Å². The largest absolute Gasteiger partial charge is 0.405 e. The molecule has 0 bridgehead atoms. The fourth-order valence-electron chi connectivity index (χ4n) is 1.83. The first-order chi connectivity index (χ1) is 9.19. The number of benzene rings is 1. The summed E-state index contributed by atoms with van der Waals surface area (Å²) < 4.78 is 50.6. The van der Waals surface area contributed by atoms with Gasteiger partial charge in [0, 0.05) is 13.6 Å². The van der Waals surface area contributed by atoms with Gasteiger partial charge in [0.1, 0.15) is 12.4 Å². The fraction of sp³-hybridized carbons (Fsp3) is 0.571. The number of alkyl halides is 3. The molecular weight excluding hydrogens is 272 g/mol. The number of halogens is 4. The minimum atomic E-state index is -4.35. The second-order valence-electron chi connectivity index (χ2n) is 5.28. The second kappa shape index (κ2) is 6.92. The molecule has 1 aromatic rings. The van der Waals surface area contributed by atoms with E-state index in [2.05, 4.69) is 19.2 Å². The molecule has 0 aliphatic carbocycles. The third kappa shape index (κ3) is 5.77. The average molecular weight is 292 g/mol. The topological polar surface area (TPSA) is 15.3 Å². The molecular formula is C14H20F4N2. The van der Waals surface area contributed by atoms with E-state index in [9.17, 15) is 17.6 Å². The molecule has 1 rings (SSSR count). The molecule has 0 saturated heterocycles. The van der Waals surface area contributed by atoms with E-state index in [-0.39, 0.29) is 5.69 Å². The highest BCUT2D eigenvalue weighted by molar-refractivity contribution is 5.48. The highest BCUT2D eigenvalue weighted by Gasteiger charge is 2.30. The van der Waals surface area contributed by atoms with Crippen molar-refractivity contribution in [2.24, 2.45) is 5.92 Å². The summed E-state index contributed by atoms with van der Waals surface area (Å²) in [4.78, 5) is 0.862. The Hall–Kier alpha value is -1.30. The number of anilines is 1. The minimum absolute atomic E-state index is 0.0464. The molecule has 0 saturated carbocycles. The molecule has 1 aromatic carbocycles. The Balaban J connectivity index is 2.68. The van der Waals surface area contributed by atoms with Gasteiger partial charge in [0.25, 0.3) is 0 Å². The van der Waals surface area contributed by atoms with E-state index in [1.807, 2.05) is 0 Å². The zero-order valence-corrected chi connectivity index (χ0v) is 11.9. The molecule has 114 valence electrons. The Morgan fingerprint density at radius 2 is 1.90 bits per heavy atom. The monoisotopic (exact) mass is 292 g/mol. The molecule has 0 spiro atoms. The first-order valence-electron chi connectivity index (χ1n) is 6.46. The SMILES string of the molecule is CC(C)CNCc1ccc(N(C)CC(F)(F)F)c(F)c1. The molecule has 6 heteroatoms. The van der Waals surface area contributed by atoms with Crippen molar-refractivity contribution in [3.8, 4) is 0 Å². The molecule has 0 heterocycles. The van der Waals surface area contributed by atoms with Crippen molar-refractivity contribution in [1.82, 2.24) is 5.32 Å². The van der Waals surface area contributed by atoms with Gasteiger partial charge in [0.2, 0.25) is 0 Å². The van der Waals surface area contributed by atoms with Crippen LogP contribution < -0.4 is 10.2 Å². The molecule has 0 aliphatic heterocycles. The Morgan fingerprint density at radius 1 is 1.25 bits per heavy atom. The Labute approximate surface area is 116 Å². The maximum absolute atomic E-state index is 13.8. The quantitative estimate of drug-likeness (QED) is 0.806. The lowest BCUT2D eigenvalue weighted by Gasteiger charge is -2.21. The van der Waals surface area contributed by atoms with E-state index >= 15 is 0 Å². The Bertz CT molecular complexity index is 430. The van der Waals surface area contributed by atoms with Crippen LogP contribution in [0.2, 0.25) is 0 Å². The lowest BCUT2D eigenvalue weighted by molar-refractivity contribution is -0.119. The van der Waals surface area contributed by atoms with Gasteiger partial charge in [0.05, 0.1) is 5.69 Å². The predicted molar refractivity (Wildman–Crippen MR) is 72.3 cm³/mol. The van der Waals surface area contributed by atoms with Gasteiger partial charge >= 0.3 is 6.18 Å². The fourth-order valence-corrected chi connectivity index (χ4v) is 1.83. The summed E-state index contributed by atoms with van der Waals surface area (Å²) in [7, 11) is 1.22. The highest BCUT2D eigenvalue weighted by Crippen LogP contribution is 2.24. The van der Waals surface area contributed by atoms with Crippen molar-refractivity contribution in [2.75, 3.05) is 25.0 Å². The van der Waals surface area contributed by atoms with Crippen LogP contribution in [0.3, 0.4) is 0 Å². The molecule has 0 radical (unpaired) electrons. The van der Waals surface area contributed by atoms with Crippen molar-refractivity contribution in [3.63, 3.8) is 0 Å². The van der Waals surface area contributed by atoms with Gasteiger partial charge in [0.15, 0.2) is 0 Å². The van der Waals surface area contributed by atoms with Crippen molar-refractivity contribution in [1.29, 1.82) is 0 Å². The third-order valence-corrected chi connectivity index (χ3v) is 2.72. The summed E-state index contributed by atoms with van der Waals surface area (Å²) in [5.41, 5.74) is 0.669. The molecule has 0 atom stereocenters. The van der Waals surface area contributed by atoms with Crippen LogP contribution in [-0.2, 0) is 6.54 Å². The Kier molecular flexibility index (Phi) is 5.80. The maximum atomic E-state index is 13.8. The van der Waals surface area contributed by atoms with Crippen LogP contribution >= 0.6 is 0 Å². The zero-order valence-electron chi connectivity index (χ0n) is 11.9. The van der Waals surface area contributed by atoms with Gasteiger partial charge in [-0.05, 0) is 30.2 Å². The van der Waals surface area contributed by atoms with Crippen LogP contribution in [0.15, 0.2) is 18.2 Å². The summed E-state index contributed by atoms with van der Waals surface area (Å²) in [6, 6.07) is 4.29. The van der Waals surface area contributed by atoms with Gasteiger partial charge in [-0.3, -0.25) is 0 Å². The minimum Gasteiger partial charge on any atom is -0.363 e. The normalized spacial score (nSPS) is 12.0. The van der Waals surface area contributed by atoms with Crippen LogP contribution in [0.5, 0.6) is 0 Å². The van der Waals surface area contributed by atoms with E-state index in [4.69, 9.17) is 0 Å². The zero-order chi connectivity index (χ0) is 15.3. The van der Waals surface area contributed by atoms with Crippen molar-refractivity contribution >= 4 is 5.69 Å². The smallest absolute Gasteiger partial charge is 0.363 e. The highest BCUT2D eigenvalue weighted by atomic mass is 19.4. The number of nitrogens with zero attached hydrogens (tertiary/aromatic N) is 1. The van der Waals surface area contributed by atoms with Gasteiger partial charge < -0.3 is 10.2 Å². The molecule has 0 aliphatic rings. The van der Waals surface area contributed by atoms with E-state index in [1.165, 1.54) is 19.2 Å². The summed E-state index contributed by atoms with van der Waals surface area (Å²) in [5.74, 6) is -0.155. The van der Waals surface area contributed by atoms with Crippen molar-refractivity contribution in [2.45, 2.75) is 26.6 Å².